The molecule has 138 valence electrons. The summed E-state index contributed by atoms with van der Waals surface area (Å²) < 4.78 is 17.4. The number of aryl methyl sites for hydroxylation is 1. The fourth-order valence-corrected chi connectivity index (χ4v) is 8.31. The van der Waals surface area contributed by atoms with Crippen LogP contribution in [0.4, 0.5) is 0 Å². The van der Waals surface area contributed by atoms with Crippen molar-refractivity contribution in [3.8, 4) is 0 Å². The molecule has 0 aliphatic carbocycles. The van der Waals surface area contributed by atoms with Gasteiger partial charge in [-0.05, 0) is 43.4 Å². The first-order valence-corrected chi connectivity index (χ1v) is 11.3. The van der Waals surface area contributed by atoms with Crippen LogP contribution in [0.15, 0.2) is 30.3 Å². The number of esters is 1. The Balaban J connectivity index is 1.95. The average Bonchev–Trinajstić information content (AvgIpc) is 3.08. The Kier molecular flexibility index (Phi) is 5.91. The quantitative estimate of drug-likeness (QED) is 0.767. The Morgan fingerprint density at radius 2 is 2.16 bits per heavy atom. The van der Waals surface area contributed by atoms with Crippen molar-refractivity contribution in [2.75, 3.05) is 18.1 Å². The molecule has 4 atom stereocenters. The number of thioether (sulfide) groups is 1. The predicted octanol–water partition coefficient (Wildman–Crippen LogP) is 2.91. The number of aliphatic hydroxyl groups is 1. The van der Waals surface area contributed by atoms with Gasteiger partial charge >= 0.3 is 5.97 Å². The Morgan fingerprint density at radius 1 is 1.40 bits per heavy atom. The van der Waals surface area contributed by atoms with Crippen molar-refractivity contribution in [2.24, 2.45) is 5.92 Å². The highest BCUT2D eigenvalue weighted by atomic mass is 32.2. The standard InChI is InChI=1S/C19H26O4S2/c1-2-19(24-13-6-14-25(19)22)18(21,16-10-12-23-17(16)20)11-9-15-7-4-3-5-8-15/h3-5,7-8,16,21H,2,6,9-14H2,1H3/t16-,18-,19+,25?/m0/s1. The minimum atomic E-state index is -1.32. The molecular formula is C19H26O4S2. The summed E-state index contributed by atoms with van der Waals surface area (Å²) >= 11 is 1.59. The van der Waals surface area contributed by atoms with E-state index in [-0.39, 0.29) is 5.97 Å². The van der Waals surface area contributed by atoms with Crippen LogP contribution in [0.2, 0.25) is 0 Å². The molecule has 0 aromatic heterocycles. The van der Waals surface area contributed by atoms with Crippen molar-refractivity contribution in [3.63, 3.8) is 0 Å². The second kappa shape index (κ2) is 7.80. The van der Waals surface area contributed by atoms with Gasteiger partial charge in [0.15, 0.2) is 0 Å². The van der Waals surface area contributed by atoms with Crippen LogP contribution < -0.4 is 0 Å². The molecule has 2 heterocycles. The van der Waals surface area contributed by atoms with E-state index in [0.717, 1.165) is 17.7 Å². The topological polar surface area (TPSA) is 63.6 Å². The minimum Gasteiger partial charge on any atom is -0.465 e. The first kappa shape index (κ1) is 18.9. The van der Waals surface area contributed by atoms with Crippen LogP contribution in [-0.2, 0) is 26.8 Å². The molecule has 2 aliphatic rings. The van der Waals surface area contributed by atoms with E-state index in [1.54, 1.807) is 11.8 Å². The minimum absolute atomic E-state index is 0.341. The highest BCUT2D eigenvalue weighted by Crippen LogP contribution is 2.52. The highest BCUT2D eigenvalue weighted by Gasteiger charge is 2.61. The maximum atomic E-state index is 13.0. The molecule has 1 unspecified atom stereocenters. The largest absolute Gasteiger partial charge is 0.465 e. The molecule has 6 heteroatoms. The van der Waals surface area contributed by atoms with Crippen LogP contribution in [0, 0.1) is 5.92 Å². The van der Waals surface area contributed by atoms with Crippen molar-refractivity contribution >= 4 is 28.5 Å². The number of cyclic esters (lactones) is 1. The summed E-state index contributed by atoms with van der Waals surface area (Å²) in [5.74, 6) is 0.530. The van der Waals surface area contributed by atoms with Crippen LogP contribution in [0.3, 0.4) is 0 Å². The Morgan fingerprint density at radius 3 is 2.76 bits per heavy atom. The number of carbonyl (C=O) groups excluding carboxylic acids is 1. The summed E-state index contributed by atoms with van der Waals surface area (Å²) in [6.07, 6.45) is 3.05. The van der Waals surface area contributed by atoms with Gasteiger partial charge in [-0.1, -0.05) is 37.3 Å². The highest BCUT2D eigenvalue weighted by molar-refractivity contribution is 8.13. The maximum Gasteiger partial charge on any atom is 0.312 e. The number of carbonyl (C=O) groups is 1. The van der Waals surface area contributed by atoms with E-state index in [9.17, 15) is 14.1 Å². The van der Waals surface area contributed by atoms with Gasteiger partial charge in [-0.3, -0.25) is 9.00 Å². The molecule has 2 saturated heterocycles. The third kappa shape index (κ3) is 3.40. The van der Waals surface area contributed by atoms with E-state index in [1.807, 2.05) is 37.3 Å². The van der Waals surface area contributed by atoms with Crippen LogP contribution in [0.25, 0.3) is 0 Å². The lowest BCUT2D eigenvalue weighted by Gasteiger charge is -2.49. The lowest BCUT2D eigenvalue weighted by molar-refractivity contribution is -0.149. The number of rotatable bonds is 6. The van der Waals surface area contributed by atoms with Gasteiger partial charge in [0.05, 0.1) is 12.5 Å². The Labute approximate surface area is 156 Å². The summed E-state index contributed by atoms with van der Waals surface area (Å²) in [4.78, 5) is 12.3. The van der Waals surface area contributed by atoms with Gasteiger partial charge in [-0.2, -0.15) is 0 Å². The normalized spacial score (nSPS) is 32.2. The lowest BCUT2D eigenvalue weighted by atomic mass is 9.77. The van der Waals surface area contributed by atoms with Gasteiger partial charge in [0.1, 0.15) is 9.68 Å². The molecule has 4 nitrogen and oxygen atoms in total. The number of hydrogen-bond acceptors (Lipinski definition) is 5. The van der Waals surface area contributed by atoms with Gasteiger partial charge < -0.3 is 9.84 Å². The van der Waals surface area contributed by atoms with Crippen LogP contribution >= 0.6 is 11.8 Å². The Bertz CT molecular complexity index is 636. The lowest BCUT2D eigenvalue weighted by Crippen LogP contribution is -2.61. The van der Waals surface area contributed by atoms with Crippen molar-refractivity contribution in [1.82, 2.24) is 0 Å². The number of hydrogen-bond donors (Lipinski definition) is 1. The molecule has 0 saturated carbocycles. The van der Waals surface area contributed by atoms with Crippen molar-refractivity contribution in [2.45, 2.75) is 48.7 Å². The SMILES string of the molecule is CC[C@@]1([C@](O)(CCc2ccccc2)[C@H]2CCOC2=O)SCCCS1=O. The summed E-state index contributed by atoms with van der Waals surface area (Å²) in [5.41, 5.74) is -0.202. The van der Waals surface area contributed by atoms with Crippen LogP contribution in [0.1, 0.15) is 38.2 Å². The zero-order valence-electron chi connectivity index (χ0n) is 14.6. The average molecular weight is 383 g/mol. The summed E-state index contributed by atoms with van der Waals surface area (Å²) in [6, 6.07) is 9.96. The van der Waals surface area contributed by atoms with E-state index in [1.165, 1.54) is 0 Å². The van der Waals surface area contributed by atoms with Crippen LogP contribution in [-0.4, -0.2) is 43.1 Å². The molecule has 2 aliphatic heterocycles. The summed E-state index contributed by atoms with van der Waals surface area (Å²) in [6.45, 7) is 2.32. The van der Waals surface area contributed by atoms with E-state index < -0.39 is 26.4 Å². The van der Waals surface area contributed by atoms with E-state index in [4.69, 9.17) is 4.74 Å². The van der Waals surface area contributed by atoms with Crippen molar-refractivity contribution in [3.05, 3.63) is 35.9 Å². The van der Waals surface area contributed by atoms with Crippen molar-refractivity contribution in [1.29, 1.82) is 0 Å². The van der Waals surface area contributed by atoms with Gasteiger partial charge in [0.2, 0.25) is 0 Å². The summed E-state index contributed by atoms with van der Waals surface area (Å²) in [5, 5.41) is 11.9. The second-order valence-electron chi connectivity index (χ2n) is 6.78. The second-order valence-corrected chi connectivity index (χ2v) is 10.2. The van der Waals surface area contributed by atoms with Crippen molar-refractivity contribution < 1.29 is 18.8 Å². The maximum absolute atomic E-state index is 13.0. The molecule has 25 heavy (non-hydrogen) atoms. The Hall–Kier alpha value is -0.850. The molecule has 0 spiro atoms. The molecule has 0 bridgehead atoms. The molecule has 0 radical (unpaired) electrons. The predicted molar refractivity (Wildman–Crippen MR) is 102 cm³/mol. The zero-order chi connectivity index (χ0) is 17.9. The molecule has 3 rings (SSSR count). The zero-order valence-corrected chi connectivity index (χ0v) is 16.2. The molecule has 1 aromatic rings. The fourth-order valence-electron chi connectivity index (χ4n) is 4.09. The molecule has 1 N–H and O–H groups in total. The fraction of sp³-hybridized carbons (Fsp3) is 0.632. The monoisotopic (exact) mass is 382 g/mol. The smallest absolute Gasteiger partial charge is 0.312 e. The van der Waals surface area contributed by atoms with E-state index in [2.05, 4.69) is 0 Å². The molecule has 0 amide bonds. The first-order chi connectivity index (χ1) is 12.0. The summed E-state index contributed by atoms with van der Waals surface area (Å²) in [7, 11) is -1.17. The number of ether oxygens (including phenoxy) is 1. The van der Waals surface area contributed by atoms with Crippen LogP contribution in [0.5, 0.6) is 0 Å². The molecule has 1 aromatic carbocycles. The molecular weight excluding hydrogens is 356 g/mol. The van der Waals surface area contributed by atoms with E-state index in [0.29, 0.717) is 38.0 Å². The third-order valence-electron chi connectivity index (χ3n) is 5.45. The van der Waals surface area contributed by atoms with Gasteiger partial charge in [0.25, 0.3) is 0 Å². The van der Waals surface area contributed by atoms with Gasteiger partial charge in [-0.15, -0.1) is 11.8 Å². The van der Waals surface area contributed by atoms with E-state index >= 15 is 0 Å². The van der Waals surface area contributed by atoms with Gasteiger partial charge in [0, 0.05) is 16.6 Å². The van der Waals surface area contributed by atoms with Gasteiger partial charge in [-0.25, -0.2) is 0 Å². The molecule has 2 fully saturated rings. The first-order valence-electron chi connectivity index (χ1n) is 8.99. The third-order valence-corrected chi connectivity index (χ3v) is 10.0. The number of benzene rings is 1.